The molecule has 2 aromatic heterocycles. The molecule has 0 saturated carbocycles. The average Bonchev–Trinajstić information content (AvgIpc) is 2.45. The van der Waals surface area contributed by atoms with Gasteiger partial charge in [-0.2, -0.15) is 0 Å². The number of anilines is 1. The Hall–Kier alpha value is -1.62. The van der Waals surface area contributed by atoms with Gasteiger partial charge in [-0.25, -0.2) is 15.0 Å². The zero-order valence-corrected chi connectivity index (χ0v) is 11.2. The second kappa shape index (κ2) is 6.96. The molecule has 0 fully saturated rings. The van der Waals surface area contributed by atoms with Gasteiger partial charge < -0.3 is 5.32 Å². The van der Waals surface area contributed by atoms with E-state index in [1.807, 2.05) is 18.3 Å². The number of thioether (sulfide) groups is 1. The molecule has 18 heavy (non-hydrogen) atoms. The van der Waals surface area contributed by atoms with Crippen LogP contribution in [0.3, 0.4) is 0 Å². The fourth-order valence-electron chi connectivity index (χ4n) is 1.38. The third kappa shape index (κ3) is 4.00. The van der Waals surface area contributed by atoms with Gasteiger partial charge in [0.25, 0.3) is 0 Å². The van der Waals surface area contributed by atoms with Crippen LogP contribution in [0.5, 0.6) is 0 Å². The minimum Gasteiger partial charge on any atom is -0.370 e. The maximum Gasteiger partial charge on any atom is 0.187 e. The van der Waals surface area contributed by atoms with Gasteiger partial charge >= 0.3 is 0 Å². The minimum absolute atomic E-state index is 0.797. The lowest BCUT2D eigenvalue weighted by Crippen LogP contribution is -2.01. The van der Waals surface area contributed by atoms with E-state index < -0.39 is 0 Å². The van der Waals surface area contributed by atoms with Crippen molar-refractivity contribution < 1.29 is 0 Å². The van der Waals surface area contributed by atoms with Gasteiger partial charge in [0.1, 0.15) is 5.82 Å². The summed E-state index contributed by atoms with van der Waals surface area (Å²) in [5, 5.41) is 4.05. The molecule has 0 bridgehead atoms. The Balaban J connectivity index is 1.86. The molecule has 0 aromatic carbocycles. The number of aromatic nitrogens is 3. The van der Waals surface area contributed by atoms with Gasteiger partial charge in [0.15, 0.2) is 5.16 Å². The molecular formula is C13H16N4S. The number of hydrogen-bond donors (Lipinski definition) is 1. The highest BCUT2D eigenvalue weighted by Crippen LogP contribution is 2.18. The van der Waals surface area contributed by atoms with Crippen molar-refractivity contribution in [3.8, 4) is 0 Å². The molecule has 94 valence electrons. The van der Waals surface area contributed by atoms with Crippen molar-refractivity contribution in [2.45, 2.75) is 24.3 Å². The van der Waals surface area contributed by atoms with Crippen molar-refractivity contribution in [1.82, 2.24) is 15.0 Å². The monoisotopic (exact) mass is 260 g/mol. The minimum atomic E-state index is 0.797. The molecule has 0 aliphatic heterocycles. The maximum absolute atomic E-state index is 4.36. The van der Waals surface area contributed by atoms with E-state index in [-0.39, 0.29) is 0 Å². The largest absolute Gasteiger partial charge is 0.370 e. The second-order valence-electron chi connectivity index (χ2n) is 3.80. The summed E-state index contributed by atoms with van der Waals surface area (Å²) in [4.78, 5) is 12.7. The fourth-order valence-corrected chi connectivity index (χ4v) is 2.11. The van der Waals surface area contributed by atoms with Gasteiger partial charge in [-0.05, 0) is 24.1 Å². The Labute approximate surface area is 111 Å². The SMILES string of the molecule is CCCNc1ccc(CSc2ncccn2)cn1. The van der Waals surface area contributed by atoms with Gasteiger partial charge in [0.05, 0.1) is 0 Å². The summed E-state index contributed by atoms with van der Waals surface area (Å²) in [6, 6.07) is 5.91. The summed E-state index contributed by atoms with van der Waals surface area (Å²) >= 11 is 1.61. The molecule has 0 spiro atoms. The summed E-state index contributed by atoms with van der Waals surface area (Å²) in [6.45, 7) is 3.09. The van der Waals surface area contributed by atoms with Crippen molar-refractivity contribution in [1.29, 1.82) is 0 Å². The lowest BCUT2D eigenvalue weighted by molar-refractivity contribution is 0.964. The Morgan fingerprint density at radius 3 is 2.67 bits per heavy atom. The standard InChI is InChI=1S/C13H16N4S/c1-2-6-14-12-5-4-11(9-17-12)10-18-13-15-7-3-8-16-13/h3-5,7-9H,2,6,10H2,1H3,(H,14,17). The van der Waals surface area contributed by atoms with Crippen LogP contribution in [0.4, 0.5) is 5.82 Å². The number of nitrogens with zero attached hydrogens (tertiary/aromatic N) is 3. The molecule has 0 saturated heterocycles. The van der Waals surface area contributed by atoms with E-state index in [0.717, 1.165) is 29.7 Å². The lowest BCUT2D eigenvalue weighted by atomic mass is 10.3. The number of rotatable bonds is 6. The molecule has 0 aliphatic carbocycles. The molecule has 0 amide bonds. The predicted octanol–water partition coefficient (Wildman–Crippen LogP) is 2.99. The molecular weight excluding hydrogens is 244 g/mol. The van der Waals surface area contributed by atoms with Gasteiger partial charge in [-0.15, -0.1) is 0 Å². The summed E-state index contributed by atoms with van der Waals surface area (Å²) in [7, 11) is 0. The topological polar surface area (TPSA) is 50.7 Å². The van der Waals surface area contributed by atoms with Crippen LogP contribution >= 0.6 is 11.8 Å². The fraction of sp³-hybridized carbons (Fsp3) is 0.308. The van der Waals surface area contributed by atoms with Gasteiger partial charge in [-0.1, -0.05) is 24.8 Å². The molecule has 0 radical (unpaired) electrons. The van der Waals surface area contributed by atoms with E-state index in [0.29, 0.717) is 0 Å². The van der Waals surface area contributed by atoms with Crippen LogP contribution in [0.15, 0.2) is 41.9 Å². The molecule has 2 rings (SSSR count). The van der Waals surface area contributed by atoms with E-state index in [4.69, 9.17) is 0 Å². The quantitative estimate of drug-likeness (QED) is 0.639. The molecule has 5 heteroatoms. The number of hydrogen-bond acceptors (Lipinski definition) is 5. The lowest BCUT2D eigenvalue weighted by Gasteiger charge is -2.04. The van der Waals surface area contributed by atoms with Gasteiger partial charge in [0, 0.05) is 30.9 Å². The van der Waals surface area contributed by atoms with E-state index in [1.165, 1.54) is 5.56 Å². The van der Waals surface area contributed by atoms with Crippen LogP contribution in [0, 0.1) is 0 Å². The number of nitrogens with one attached hydrogen (secondary N) is 1. The van der Waals surface area contributed by atoms with Crippen molar-refractivity contribution in [2.24, 2.45) is 0 Å². The molecule has 2 aromatic rings. The summed E-state index contributed by atoms with van der Waals surface area (Å²) in [5.41, 5.74) is 1.18. The Morgan fingerprint density at radius 1 is 1.17 bits per heavy atom. The Kier molecular flexibility index (Phi) is 4.96. The van der Waals surface area contributed by atoms with Crippen LogP contribution in [0.2, 0.25) is 0 Å². The first-order chi connectivity index (χ1) is 8.88. The molecule has 0 atom stereocenters. The van der Waals surface area contributed by atoms with Crippen LogP contribution in [0.1, 0.15) is 18.9 Å². The molecule has 0 unspecified atom stereocenters. The highest BCUT2D eigenvalue weighted by Gasteiger charge is 1.99. The van der Waals surface area contributed by atoms with Gasteiger partial charge in [-0.3, -0.25) is 0 Å². The van der Waals surface area contributed by atoms with Crippen LogP contribution in [-0.2, 0) is 5.75 Å². The highest BCUT2D eigenvalue weighted by molar-refractivity contribution is 7.98. The Morgan fingerprint density at radius 2 is 2.00 bits per heavy atom. The molecule has 2 heterocycles. The summed E-state index contributed by atoms with van der Waals surface area (Å²) in [6.07, 6.45) is 6.51. The Bertz CT molecular complexity index is 458. The second-order valence-corrected chi connectivity index (χ2v) is 4.74. The van der Waals surface area contributed by atoms with E-state index in [1.54, 1.807) is 24.2 Å². The summed E-state index contributed by atoms with van der Waals surface area (Å²) in [5.74, 6) is 1.77. The van der Waals surface area contributed by atoms with Gasteiger partial charge in [0.2, 0.25) is 0 Å². The molecule has 1 N–H and O–H groups in total. The first-order valence-electron chi connectivity index (χ1n) is 5.97. The van der Waals surface area contributed by atoms with E-state index >= 15 is 0 Å². The summed E-state index contributed by atoms with van der Waals surface area (Å²) < 4.78 is 0. The zero-order chi connectivity index (χ0) is 12.6. The van der Waals surface area contributed by atoms with E-state index in [9.17, 15) is 0 Å². The van der Waals surface area contributed by atoms with Crippen molar-refractivity contribution in [3.63, 3.8) is 0 Å². The maximum atomic E-state index is 4.36. The van der Waals surface area contributed by atoms with Crippen molar-refractivity contribution in [3.05, 3.63) is 42.4 Å². The highest BCUT2D eigenvalue weighted by atomic mass is 32.2. The molecule has 4 nitrogen and oxygen atoms in total. The normalized spacial score (nSPS) is 10.3. The third-order valence-electron chi connectivity index (χ3n) is 2.29. The van der Waals surface area contributed by atoms with E-state index in [2.05, 4.69) is 33.3 Å². The van der Waals surface area contributed by atoms with Crippen LogP contribution < -0.4 is 5.32 Å². The van der Waals surface area contributed by atoms with Crippen molar-refractivity contribution >= 4 is 17.6 Å². The first kappa shape index (κ1) is 12.8. The smallest absolute Gasteiger partial charge is 0.187 e. The van der Waals surface area contributed by atoms with Crippen LogP contribution in [0.25, 0.3) is 0 Å². The van der Waals surface area contributed by atoms with Crippen molar-refractivity contribution in [2.75, 3.05) is 11.9 Å². The molecule has 0 aliphatic rings. The predicted molar refractivity (Wildman–Crippen MR) is 74.6 cm³/mol. The first-order valence-corrected chi connectivity index (χ1v) is 6.95. The average molecular weight is 260 g/mol. The third-order valence-corrected chi connectivity index (χ3v) is 3.24. The zero-order valence-electron chi connectivity index (χ0n) is 10.3. The number of pyridine rings is 1. The van der Waals surface area contributed by atoms with Crippen LogP contribution in [-0.4, -0.2) is 21.5 Å².